The van der Waals surface area contributed by atoms with Crippen LogP contribution in [0.3, 0.4) is 0 Å². The fourth-order valence-electron chi connectivity index (χ4n) is 5.66. The van der Waals surface area contributed by atoms with Gasteiger partial charge in [-0.15, -0.1) is 0 Å². The smallest absolute Gasteiger partial charge is 0.354 e. The van der Waals surface area contributed by atoms with Crippen LogP contribution < -0.4 is 22.5 Å². The minimum absolute atomic E-state index is 0.0129. The molecule has 0 radical (unpaired) electrons. The molecule has 0 aliphatic carbocycles. The van der Waals surface area contributed by atoms with E-state index in [2.05, 4.69) is 15.3 Å². The summed E-state index contributed by atoms with van der Waals surface area (Å²) in [6.07, 6.45) is 7.93. The summed E-state index contributed by atoms with van der Waals surface area (Å²) in [6.45, 7) is -0.0785. The predicted octanol–water partition coefficient (Wildman–Crippen LogP) is 5.02. The van der Waals surface area contributed by atoms with Crippen molar-refractivity contribution in [2.45, 2.75) is 63.1 Å². The number of halogens is 2. The average molecular weight is 626 g/mol. The van der Waals surface area contributed by atoms with E-state index in [1.165, 1.54) is 16.3 Å². The molecule has 5 rings (SSSR count). The highest BCUT2D eigenvalue weighted by Crippen LogP contribution is 2.32. The summed E-state index contributed by atoms with van der Waals surface area (Å²) >= 11 is 7.61. The van der Waals surface area contributed by atoms with Crippen molar-refractivity contribution in [3.05, 3.63) is 81.1 Å². The molecule has 0 amide bonds. The Hall–Kier alpha value is -3.22. The highest BCUT2D eigenvalue weighted by Gasteiger charge is 2.22. The van der Waals surface area contributed by atoms with Gasteiger partial charge >= 0.3 is 5.69 Å². The molecule has 8 N–H and O–H groups in total. The van der Waals surface area contributed by atoms with Gasteiger partial charge in [-0.1, -0.05) is 41.9 Å². The molecule has 4 aromatic rings. The molecule has 1 fully saturated rings. The van der Waals surface area contributed by atoms with E-state index >= 15 is 4.39 Å². The molecule has 2 aromatic carbocycles. The van der Waals surface area contributed by atoms with Gasteiger partial charge in [0.15, 0.2) is 11.0 Å². The van der Waals surface area contributed by atoms with Crippen LogP contribution in [0.15, 0.2) is 53.5 Å². The molecule has 0 saturated carbocycles. The van der Waals surface area contributed by atoms with Gasteiger partial charge in [0, 0.05) is 41.0 Å². The van der Waals surface area contributed by atoms with E-state index in [-0.39, 0.29) is 28.9 Å². The van der Waals surface area contributed by atoms with E-state index in [4.69, 9.17) is 33.6 Å². The number of hydrogen-bond acceptors (Lipinski definition) is 7. The Kier molecular flexibility index (Phi) is 10.2. The molecule has 0 bridgehead atoms. The Balaban J connectivity index is 1.34. The van der Waals surface area contributed by atoms with Crippen LogP contribution in [0, 0.1) is 11.2 Å². The first-order valence-corrected chi connectivity index (χ1v) is 15.9. The average Bonchev–Trinajstić information content (AvgIpc) is 3.41. The number of thioether (sulfide) groups is 1. The van der Waals surface area contributed by atoms with Crippen molar-refractivity contribution >= 4 is 39.6 Å². The highest BCUT2D eigenvalue weighted by molar-refractivity contribution is 8.13. The van der Waals surface area contributed by atoms with Crippen LogP contribution in [0.4, 0.5) is 4.39 Å². The largest absolute Gasteiger partial charge is 0.395 e. The van der Waals surface area contributed by atoms with Gasteiger partial charge in [0.25, 0.3) is 0 Å². The summed E-state index contributed by atoms with van der Waals surface area (Å²) in [6, 6.07) is 13.3. The molecule has 9 nitrogen and oxygen atoms in total. The number of benzene rings is 2. The fraction of sp³-hybridized carbons (Fsp3) is 0.387. The Morgan fingerprint density at radius 2 is 2.05 bits per heavy atom. The molecule has 1 aliphatic heterocycles. The molecular formula is C31H37ClFN7O2S. The van der Waals surface area contributed by atoms with E-state index in [0.717, 1.165) is 49.0 Å². The topological polar surface area (TPSA) is 159 Å². The standard InChI is InChI=1S/C31H37ClFN7O2S/c32-25-14-18(3-1-4-21(34)17-41)13-24(28(25)33)27-15-20-16-40(31(42)39-29(20)38-27)23-9-7-19(8-10-23)26-6-2-5-22(37-26)11-12-43-30(35)36/h7-10,13-16,21-22,26,37,41H,1-6,11-12,17,34H2,(H3,35,36)(H,38,39,42)/t21-,22+,26+/m1/s1. The third kappa shape index (κ3) is 7.66. The van der Waals surface area contributed by atoms with Crippen LogP contribution in [-0.2, 0) is 6.42 Å². The highest BCUT2D eigenvalue weighted by atomic mass is 35.5. The van der Waals surface area contributed by atoms with Crippen molar-refractivity contribution < 1.29 is 9.50 Å². The second kappa shape index (κ2) is 14.0. The summed E-state index contributed by atoms with van der Waals surface area (Å²) < 4.78 is 16.6. The minimum Gasteiger partial charge on any atom is -0.395 e. The number of aromatic amines is 1. The van der Waals surface area contributed by atoms with Crippen LogP contribution in [0.2, 0.25) is 5.02 Å². The number of nitrogens with one attached hydrogen (secondary N) is 3. The summed E-state index contributed by atoms with van der Waals surface area (Å²) in [4.78, 5) is 20.3. The van der Waals surface area contributed by atoms with Crippen LogP contribution >= 0.6 is 23.4 Å². The van der Waals surface area contributed by atoms with Crippen molar-refractivity contribution in [1.82, 2.24) is 19.9 Å². The van der Waals surface area contributed by atoms with Gasteiger partial charge in [-0.25, -0.2) is 9.18 Å². The minimum atomic E-state index is -0.550. The number of aryl methyl sites for hydroxylation is 1. The lowest BCUT2D eigenvalue weighted by molar-refractivity contribution is 0.258. The van der Waals surface area contributed by atoms with Crippen LogP contribution in [-0.4, -0.2) is 49.3 Å². The maximum atomic E-state index is 15.1. The molecule has 43 heavy (non-hydrogen) atoms. The number of aromatic nitrogens is 3. The van der Waals surface area contributed by atoms with Crippen molar-refractivity contribution in [3.8, 4) is 16.9 Å². The van der Waals surface area contributed by atoms with Gasteiger partial charge in [0.05, 0.1) is 23.0 Å². The Morgan fingerprint density at radius 3 is 2.79 bits per heavy atom. The van der Waals surface area contributed by atoms with Crippen molar-refractivity contribution in [2.75, 3.05) is 12.4 Å². The van der Waals surface area contributed by atoms with Crippen molar-refractivity contribution in [3.63, 3.8) is 0 Å². The number of nitrogens with zero attached hydrogens (tertiary/aromatic N) is 2. The first-order chi connectivity index (χ1) is 20.7. The van der Waals surface area contributed by atoms with E-state index in [1.54, 1.807) is 24.4 Å². The molecule has 3 atom stereocenters. The zero-order chi connectivity index (χ0) is 30.5. The van der Waals surface area contributed by atoms with Crippen molar-refractivity contribution in [2.24, 2.45) is 11.5 Å². The fourth-order valence-corrected chi connectivity index (χ4v) is 6.52. The quantitative estimate of drug-likeness (QED) is 0.101. The summed E-state index contributed by atoms with van der Waals surface area (Å²) in [7, 11) is 0. The summed E-state index contributed by atoms with van der Waals surface area (Å²) in [5.41, 5.74) is 14.7. The molecule has 228 valence electrons. The first-order valence-electron chi connectivity index (χ1n) is 14.5. The maximum Gasteiger partial charge on any atom is 0.354 e. The van der Waals surface area contributed by atoms with Crippen LogP contribution in [0.1, 0.15) is 55.7 Å². The van der Waals surface area contributed by atoms with Gasteiger partial charge in [0.2, 0.25) is 0 Å². The Morgan fingerprint density at radius 1 is 1.26 bits per heavy atom. The van der Waals surface area contributed by atoms with Gasteiger partial charge in [-0.2, -0.15) is 4.98 Å². The number of aliphatic hydroxyl groups is 1. The van der Waals surface area contributed by atoms with Gasteiger partial charge in [-0.3, -0.25) is 9.98 Å². The van der Waals surface area contributed by atoms with Gasteiger partial charge in [0.1, 0.15) is 5.65 Å². The second-order valence-electron chi connectivity index (χ2n) is 11.1. The van der Waals surface area contributed by atoms with E-state index < -0.39 is 11.5 Å². The third-order valence-corrected chi connectivity index (χ3v) is 8.97. The monoisotopic (exact) mass is 625 g/mol. The Labute approximate surface area is 258 Å². The second-order valence-corrected chi connectivity index (χ2v) is 12.6. The number of amidine groups is 1. The van der Waals surface area contributed by atoms with Crippen LogP contribution in [0.5, 0.6) is 0 Å². The zero-order valence-corrected chi connectivity index (χ0v) is 25.4. The summed E-state index contributed by atoms with van der Waals surface area (Å²) in [5.74, 6) is 0.273. The molecule has 2 aromatic heterocycles. The number of aliphatic hydroxyl groups excluding tert-OH is 1. The van der Waals surface area contributed by atoms with Crippen molar-refractivity contribution in [1.29, 1.82) is 5.41 Å². The molecule has 1 saturated heterocycles. The normalized spacial score (nSPS) is 17.8. The summed E-state index contributed by atoms with van der Waals surface area (Å²) in [5, 5.41) is 21.1. The van der Waals surface area contributed by atoms with E-state index in [1.807, 2.05) is 24.3 Å². The molecule has 1 aliphatic rings. The lowest BCUT2D eigenvalue weighted by atomic mass is 9.92. The molecule has 3 heterocycles. The van der Waals surface area contributed by atoms with Gasteiger partial charge in [-0.05, 0) is 80.0 Å². The lowest BCUT2D eigenvalue weighted by Gasteiger charge is -2.31. The van der Waals surface area contributed by atoms with E-state index in [9.17, 15) is 4.79 Å². The number of hydrogen-bond donors (Lipinski definition) is 6. The van der Waals surface area contributed by atoms with Crippen LogP contribution in [0.25, 0.3) is 28.0 Å². The number of fused-ring (bicyclic) bond motifs is 1. The molecule has 0 unspecified atom stereocenters. The predicted molar refractivity (Wildman–Crippen MR) is 173 cm³/mol. The first kappa shape index (κ1) is 31.2. The Bertz CT molecular complexity index is 1640. The number of piperidine rings is 1. The molecule has 0 spiro atoms. The third-order valence-electron chi connectivity index (χ3n) is 7.94. The number of rotatable bonds is 11. The lowest BCUT2D eigenvalue weighted by Crippen LogP contribution is -2.37. The zero-order valence-electron chi connectivity index (χ0n) is 23.8. The molecular weight excluding hydrogens is 589 g/mol. The number of nitrogens with two attached hydrogens (primary N) is 2. The van der Waals surface area contributed by atoms with Gasteiger partial charge < -0.3 is 26.9 Å². The van der Waals surface area contributed by atoms with E-state index in [0.29, 0.717) is 46.9 Å². The maximum absolute atomic E-state index is 15.1. The SMILES string of the molecule is N=C(N)SCC[C@@H]1CCC[C@@H](c2ccc(-n3cc4cc(-c5cc(CCC[C@@H](N)CO)cc(Cl)c5F)[nH]c4nc3=O)cc2)N1. The number of H-pyrrole nitrogens is 1. The molecule has 12 heteroatoms.